The standard InChI is InChI=1S/C17H24N4O2S/c22-14-5-2-1-4-13(14)21-9-7-20(8-10-21)12-16-18-17(19-23-16)15-6-3-11-24-15/h3,6,11,13-14,22H,1-2,4-5,7-10,12H2. The lowest BCUT2D eigenvalue weighted by Crippen LogP contribution is -2.54. The fourth-order valence-corrected chi connectivity index (χ4v) is 4.44. The monoisotopic (exact) mass is 348 g/mol. The molecule has 2 aromatic heterocycles. The first-order valence-electron chi connectivity index (χ1n) is 8.80. The molecular weight excluding hydrogens is 324 g/mol. The van der Waals surface area contributed by atoms with Gasteiger partial charge in [-0.15, -0.1) is 11.3 Å². The topological polar surface area (TPSA) is 65.6 Å². The molecule has 0 aromatic carbocycles. The van der Waals surface area contributed by atoms with Gasteiger partial charge in [0.1, 0.15) is 0 Å². The Bertz CT molecular complexity index is 637. The molecule has 7 heteroatoms. The van der Waals surface area contributed by atoms with Crippen LogP contribution in [0.5, 0.6) is 0 Å². The highest BCUT2D eigenvalue weighted by atomic mass is 32.1. The van der Waals surface area contributed by atoms with E-state index in [-0.39, 0.29) is 6.10 Å². The molecule has 1 saturated carbocycles. The van der Waals surface area contributed by atoms with Crippen LogP contribution in [0.4, 0.5) is 0 Å². The average Bonchev–Trinajstić information content (AvgIpc) is 3.27. The minimum absolute atomic E-state index is 0.144. The average molecular weight is 348 g/mol. The first-order chi connectivity index (χ1) is 11.8. The zero-order valence-corrected chi connectivity index (χ0v) is 14.6. The van der Waals surface area contributed by atoms with Crippen LogP contribution in [0.3, 0.4) is 0 Å². The fraction of sp³-hybridized carbons (Fsp3) is 0.647. The van der Waals surface area contributed by atoms with Crippen molar-refractivity contribution in [2.24, 2.45) is 0 Å². The predicted molar refractivity (Wildman–Crippen MR) is 92.7 cm³/mol. The van der Waals surface area contributed by atoms with Gasteiger partial charge in [-0.1, -0.05) is 24.1 Å². The van der Waals surface area contributed by atoms with E-state index in [1.807, 2.05) is 17.5 Å². The number of nitrogens with zero attached hydrogens (tertiary/aromatic N) is 4. The first kappa shape index (κ1) is 16.2. The van der Waals surface area contributed by atoms with Crippen LogP contribution in [0.2, 0.25) is 0 Å². The van der Waals surface area contributed by atoms with E-state index in [1.165, 1.54) is 12.8 Å². The van der Waals surface area contributed by atoms with Crippen molar-refractivity contribution in [1.82, 2.24) is 19.9 Å². The third-order valence-corrected chi connectivity index (χ3v) is 6.00. The van der Waals surface area contributed by atoms with Gasteiger partial charge in [0.25, 0.3) is 0 Å². The molecule has 130 valence electrons. The van der Waals surface area contributed by atoms with Crippen molar-refractivity contribution in [3.05, 3.63) is 23.4 Å². The molecular formula is C17H24N4O2S. The third-order valence-electron chi connectivity index (χ3n) is 5.14. The minimum Gasteiger partial charge on any atom is -0.391 e. The van der Waals surface area contributed by atoms with Crippen LogP contribution in [0.25, 0.3) is 10.7 Å². The number of piperazine rings is 1. The summed E-state index contributed by atoms with van der Waals surface area (Å²) in [5, 5.41) is 16.3. The number of hydrogen-bond acceptors (Lipinski definition) is 7. The number of thiophene rings is 1. The quantitative estimate of drug-likeness (QED) is 0.914. The van der Waals surface area contributed by atoms with E-state index in [2.05, 4.69) is 19.9 Å². The van der Waals surface area contributed by atoms with E-state index in [9.17, 15) is 5.11 Å². The lowest BCUT2D eigenvalue weighted by atomic mass is 9.91. The van der Waals surface area contributed by atoms with E-state index >= 15 is 0 Å². The van der Waals surface area contributed by atoms with Gasteiger partial charge >= 0.3 is 0 Å². The Balaban J connectivity index is 1.30. The molecule has 0 bridgehead atoms. The van der Waals surface area contributed by atoms with Gasteiger partial charge in [-0.2, -0.15) is 4.98 Å². The second-order valence-corrected chi connectivity index (χ2v) is 7.67. The Morgan fingerprint density at radius 1 is 1.21 bits per heavy atom. The maximum atomic E-state index is 10.2. The van der Waals surface area contributed by atoms with Crippen molar-refractivity contribution in [3.8, 4) is 10.7 Å². The van der Waals surface area contributed by atoms with Crippen LogP contribution in [-0.2, 0) is 6.54 Å². The van der Waals surface area contributed by atoms with E-state index in [0.29, 0.717) is 24.3 Å². The molecule has 4 rings (SSSR count). The van der Waals surface area contributed by atoms with Crippen molar-refractivity contribution in [3.63, 3.8) is 0 Å². The number of aliphatic hydroxyl groups excluding tert-OH is 1. The summed E-state index contributed by atoms with van der Waals surface area (Å²) in [7, 11) is 0. The lowest BCUT2D eigenvalue weighted by Gasteiger charge is -2.42. The summed E-state index contributed by atoms with van der Waals surface area (Å²) in [6.07, 6.45) is 4.36. The molecule has 1 saturated heterocycles. The van der Waals surface area contributed by atoms with Crippen molar-refractivity contribution in [1.29, 1.82) is 0 Å². The molecule has 0 spiro atoms. The zero-order chi connectivity index (χ0) is 16.4. The lowest BCUT2D eigenvalue weighted by molar-refractivity contribution is -0.00604. The number of aromatic nitrogens is 2. The summed E-state index contributed by atoms with van der Waals surface area (Å²) in [5.74, 6) is 1.37. The van der Waals surface area contributed by atoms with Crippen LogP contribution >= 0.6 is 11.3 Å². The Morgan fingerprint density at radius 2 is 2.04 bits per heavy atom. The Labute approximate surface area is 146 Å². The molecule has 1 aliphatic heterocycles. The van der Waals surface area contributed by atoms with E-state index < -0.39 is 0 Å². The van der Waals surface area contributed by atoms with E-state index in [4.69, 9.17) is 4.52 Å². The summed E-state index contributed by atoms with van der Waals surface area (Å²) < 4.78 is 5.40. The van der Waals surface area contributed by atoms with Crippen LogP contribution < -0.4 is 0 Å². The molecule has 6 nitrogen and oxygen atoms in total. The van der Waals surface area contributed by atoms with Crippen LogP contribution in [-0.4, -0.2) is 63.4 Å². The maximum absolute atomic E-state index is 10.2. The number of rotatable bonds is 4. The molecule has 1 N–H and O–H groups in total. The minimum atomic E-state index is -0.144. The SMILES string of the molecule is OC1CCCCC1N1CCN(Cc2nc(-c3cccs3)no2)CC1. The van der Waals surface area contributed by atoms with Gasteiger partial charge in [-0.3, -0.25) is 9.80 Å². The van der Waals surface area contributed by atoms with Gasteiger partial charge < -0.3 is 9.63 Å². The largest absolute Gasteiger partial charge is 0.391 e. The molecule has 1 aliphatic carbocycles. The van der Waals surface area contributed by atoms with E-state index in [0.717, 1.165) is 43.9 Å². The summed E-state index contributed by atoms with van der Waals surface area (Å²) in [6, 6.07) is 4.36. The van der Waals surface area contributed by atoms with Gasteiger partial charge in [0.05, 0.1) is 17.5 Å². The molecule has 3 heterocycles. The molecule has 2 fully saturated rings. The van der Waals surface area contributed by atoms with Crippen LogP contribution in [0.15, 0.2) is 22.0 Å². The summed E-state index contributed by atoms with van der Waals surface area (Å²) in [6.45, 7) is 4.70. The Morgan fingerprint density at radius 3 is 2.79 bits per heavy atom. The van der Waals surface area contributed by atoms with Crippen molar-refractivity contribution in [2.45, 2.75) is 44.4 Å². The van der Waals surface area contributed by atoms with Gasteiger partial charge in [0, 0.05) is 32.2 Å². The van der Waals surface area contributed by atoms with Crippen LogP contribution in [0.1, 0.15) is 31.6 Å². The summed E-state index contributed by atoms with van der Waals surface area (Å²) in [4.78, 5) is 10.4. The predicted octanol–water partition coefficient (Wildman–Crippen LogP) is 2.22. The third kappa shape index (κ3) is 3.54. The summed E-state index contributed by atoms with van der Waals surface area (Å²) >= 11 is 1.62. The highest BCUT2D eigenvalue weighted by Gasteiger charge is 2.31. The molecule has 0 amide bonds. The summed E-state index contributed by atoms with van der Waals surface area (Å²) in [5.41, 5.74) is 0. The molecule has 2 atom stereocenters. The molecule has 0 radical (unpaired) electrons. The van der Waals surface area contributed by atoms with Gasteiger partial charge in [0.2, 0.25) is 11.7 Å². The van der Waals surface area contributed by atoms with Crippen molar-refractivity contribution in [2.75, 3.05) is 26.2 Å². The second-order valence-electron chi connectivity index (χ2n) is 6.72. The highest BCUT2D eigenvalue weighted by molar-refractivity contribution is 7.13. The zero-order valence-electron chi connectivity index (χ0n) is 13.8. The van der Waals surface area contributed by atoms with E-state index in [1.54, 1.807) is 11.3 Å². The van der Waals surface area contributed by atoms with Crippen molar-refractivity contribution < 1.29 is 9.63 Å². The van der Waals surface area contributed by atoms with Gasteiger partial charge in [0.15, 0.2) is 0 Å². The Hall–Kier alpha value is -1.28. The van der Waals surface area contributed by atoms with Gasteiger partial charge in [-0.25, -0.2) is 0 Å². The Kier molecular flexibility index (Phi) is 4.93. The fourth-order valence-electron chi connectivity index (χ4n) is 3.79. The number of aliphatic hydroxyl groups is 1. The first-order valence-corrected chi connectivity index (χ1v) is 9.68. The molecule has 2 aliphatic rings. The smallest absolute Gasteiger partial charge is 0.241 e. The maximum Gasteiger partial charge on any atom is 0.241 e. The molecule has 24 heavy (non-hydrogen) atoms. The van der Waals surface area contributed by atoms with Crippen LogP contribution in [0, 0.1) is 0 Å². The second kappa shape index (κ2) is 7.31. The normalized spacial score (nSPS) is 26.7. The van der Waals surface area contributed by atoms with Gasteiger partial charge in [-0.05, 0) is 24.3 Å². The highest BCUT2D eigenvalue weighted by Crippen LogP contribution is 2.25. The number of hydrogen-bond donors (Lipinski definition) is 1. The molecule has 2 unspecified atom stereocenters. The van der Waals surface area contributed by atoms with Crippen molar-refractivity contribution >= 4 is 11.3 Å². The molecule has 2 aromatic rings.